The van der Waals surface area contributed by atoms with Crippen LogP contribution in [0.1, 0.15) is 91.4 Å². The van der Waals surface area contributed by atoms with Crippen molar-refractivity contribution in [3.63, 3.8) is 0 Å². The molecule has 16 aromatic carbocycles. The summed E-state index contributed by atoms with van der Waals surface area (Å²) in [6.45, 7) is -1.82. The summed E-state index contributed by atoms with van der Waals surface area (Å²) in [6.07, 6.45) is 6.76. The van der Waals surface area contributed by atoms with Crippen molar-refractivity contribution in [3.05, 3.63) is 407 Å². The van der Waals surface area contributed by atoms with Gasteiger partial charge in [0.2, 0.25) is 22.8 Å². The molecule has 640 valence electrons. The van der Waals surface area contributed by atoms with Crippen molar-refractivity contribution in [2.24, 2.45) is 28.2 Å². The summed E-state index contributed by atoms with van der Waals surface area (Å²) in [6, 6.07) is 103. The molecule has 0 fully saturated rings. The van der Waals surface area contributed by atoms with Gasteiger partial charge in [0, 0.05) is 114 Å². The summed E-state index contributed by atoms with van der Waals surface area (Å²) in [4.78, 5) is 0. The van der Waals surface area contributed by atoms with E-state index >= 15 is 0 Å². The fourth-order valence-corrected chi connectivity index (χ4v) is 19.4. The number of fused-ring (bicyclic) bond motifs is 16. The lowest BCUT2D eigenvalue weighted by molar-refractivity contribution is -0.660. The Bertz CT molecular complexity index is 9590. The number of aryl methyl sites for hydroxylation is 16. The van der Waals surface area contributed by atoms with Crippen molar-refractivity contribution < 1.29 is 60.6 Å². The number of hydrogen-bond acceptors (Lipinski definition) is 4. The van der Waals surface area contributed by atoms with Gasteiger partial charge in [-0.2, -0.15) is 0 Å². The third-order valence-corrected chi connectivity index (χ3v) is 26.0. The molecule has 0 aliphatic heterocycles. The molecule has 24 rings (SSSR count). The molecular weight excluding hydrogens is 1610 g/mol. The van der Waals surface area contributed by atoms with Crippen molar-refractivity contribution in [3.8, 4) is 89.5 Å². The van der Waals surface area contributed by atoms with Gasteiger partial charge in [-0.25, -0.2) is 18.3 Å². The van der Waals surface area contributed by atoms with Crippen LogP contribution in [0.5, 0.6) is 0 Å². The number of pyridine rings is 4. The van der Waals surface area contributed by atoms with Crippen LogP contribution in [0.4, 0.5) is 0 Å². The molecule has 0 bridgehead atoms. The third kappa shape index (κ3) is 14.9. The molecule has 0 radical (unpaired) electrons. The van der Waals surface area contributed by atoms with E-state index in [9.17, 15) is 0 Å². The summed E-state index contributed by atoms with van der Waals surface area (Å²) in [5.74, 6) is 0. The summed E-state index contributed by atoms with van der Waals surface area (Å²) in [7, 11) is 7.41. The van der Waals surface area contributed by atoms with Gasteiger partial charge in [0.25, 0.3) is 0 Å². The van der Waals surface area contributed by atoms with Crippen LogP contribution in [0.25, 0.3) is 220 Å². The molecule has 0 aliphatic carbocycles. The highest BCUT2D eigenvalue weighted by molar-refractivity contribution is 6.18. The Morgan fingerprint density at radius 2 is 0.470 bits per heavy atom. The highest BCUT2D eigenvalue weighted by Gasteiger charge is 2.30. The zero-order chi connectivity index (χ0) is 106. The third-order valence-electron chi connectivity index (χ3n) is 26.0. The Hall–Kier alpha value is -15.6. The van der Waals surface area contributed by atoms with Gasteiger partial charge in [-0.15, -0.1) is 0 Å². The summed E-state index contributed by atoms with van der Waals surface area (Å²) >= 11 is 0. The van der Waals surface area contributed by atoms with Crippen LogP contribution < -0.4 is 18.3 Å². The first-order chi connectivity index (χ1) is 71.3. The average molecular weight is 1730 g/mol. The minimum absolute atomic E-state index is 0.234. The molecule has 0 saturated heterocycles. The topological polar surface area (TPSA) is 68.1 Å². The normalized spacial score (nSPS) is 14.2. The summed E-state index contributed by atoms with van der Waals surface area (Å²) in [5.41, 5.74) is 25.6. The molecule has 132 heavy (non-hydrogen) atoms. The number of benzene rings is 16. The zero-order valence-corrected chi connectivity index (χ0v) is 74.8. The molecule has 0 atom stereocenters. The van der Waals surface area contributed by atoms with Crippen LogP contribution in [-0.2, 0) is 28.2 Å². The highest BCUT2D eigenvalue weighted by Crippen LogP contribution is 2.47. The molecule has 0 aliphatic rings. The number of furan rings is 4. The number of aromatic nitrogens is 4. The van der Waals surface area contributed by atoms with E-state index in [1.165, 1.54) is 16.3 Å². The predicted molar refractivity (Wildman–Crippen MR) is 550 cm³/mol. The monoisotopic (exact) mass is 1730 g/mol. The van der Waals surface area contributed by atoms with Gasteiger partial charge in [-0.1, -0.05) is 254 Å². The molecular formula is C124H104N4O4+4. The first kappa shape index (κ1) is 65.0. The largest absolute Gasteiger partial charge is 0.455 e. The van der Waals surface area contributed by atoms with Gasteiger partial charge in [-0.3, -0.25) is 0 Å². The van der Waals surface area contributed by atoms with E-state index in [0.29, 0.717) is 66.5 Å². The molecule has 8 heterocycles. The highest BCUT2D eigenvalue weighted by atomic mass is 16.3. The molecule has 8 aromatic heterocycles. The first-order valence-corrected chi connectivity index (χ1v) is 44.2. The van der Waals surface area contributed by atoms with Crippen LogP contribution in [0.3, 0.4) is 0 Å². The Balaban J connectivity index is 0.000000117. The lowest BCUT2D eigenvalue weighted by atomic mass is 9.94. The van der Waals surface area contributed by atoms with E-state index < -0.39 is 41.1 Å². The second-order valence-corrected chi connectivity index (χ2v) is 35.0. The average Bonchev–Trinajstić information content (AvgIpc) is 1.56. The number of rotatable bonds is 8. The van der Waals surface area contributed by atoms with E-state index in [1.54, 1.807) is 53.1 Å². The maximum Gasteiger partial charge on any atom is 0.216 e. The maximum absolute atomic E-state index is 8.35. The lowest BCUT2D eigenvalue weighted by Crippen LogP contribution is -2.31. The van der Waals surface area contributed by atoms with Gasteiger partial charge < -0.3 is 17.7 Å². The second-order valence-electron chi connectivity index (χ2n) is 35.0. The molecule has 8 heteroatoms. The summed E-state index contributed by atoms with van der Waals surface area (Å²) in [5, 5.41) is 15.5. The van der Waals surface area contributed by atoms with Crippen LogP contribution in [-0.4, -0.2) is 0 Å². The van der Waals surface area contributed by atoms with Gasteiger partial charge >= 0.3 is 0 Å². The Morgan fingerprint density at radius 3 is 0.795 bits per heavy atom. The van der Waals surface area contributed by atoms with E-state index in [2.05, 4.69) is 106 Å². The Morgan fingerprint density at radius 1 is 0.205 bits per heavy atom. The maximum atomic E-state index is 8.35. The standard InChI is InChI=1S/C32H28NO.2C31H26NO.C30H24NO/c1-19-11-12-24-16-29-27(15-25(24)13-19)30-20(2)14-21(3)31(32(30)34-29)28-17-26(22(4)18-33(28)5)23-9-7-6-8-10-23;1-19-14-20(2)30(27-17-25(21(3)18-32(27)4)22-10-6-5-7-11-22)31-29(19)26-15-23-12-8-9-13-24(23)16-28(26)33-31;1-19-10-12-23-16-29-27(15-24(23)14-19)25-13-11-20(2)30(31(25)33-29)28-17-26(21(3)18-32(28)4)22-8-6-5-7-9-22;1-19-13-14-24-26-15-22-11-7-8-12-23(22)16-28(26)32-30(24)29(19)27-17-25(20(2)18-31(27)3)21-9-5-4-6-10-21/h6-18H,1-5H3;2*5-18H,1-4H3;4-18H,1-3H3/q4*+1/i2D3,4D3;1D3,3D3;3D3;2D3. The van der Waals surface area contributed by atoms with E-state index in [4.69, 9.17) is 42.3 Å². The van der Waals surface area contributed by atoms with E-state index in [0.717, 1.165) is 182 Å². The molecule has 0 saturated carbocycles. The van der Waals surface area contributed by atoms with Crippen molar-refractivity contribution in [2.45, 2.75) is 82.7 Å². The smallest absolute Gasteiger partial charge is 0.216 e. The molecule has 0 unspecified atom stereocenters. The van der Waals surface area contributed by atoms with Crippen LogP contribution >= 0.6 is 0 Å². The Kier molecular flexibility index (Phi) is 16.5. The second kappa shape index (κ2) is 33.5. The van der Waals surface area contributed by atoms with E-state index in [1.807, 2.05) is 269 Å². The van der Waals surface area contributed by atoms with Gasteiger partial charge in [-0.05, 0) is 252 Å². The molecule has 8 nitrogen and oxygen atoms in total. The minimum Gasteiger partial charge on any atom is -0.455 e. The van der Waals surface area contributed by atoms with Crippen molar-refractivity contribution >= 4 is 131 Å². The molecule has 0 amide bonds. The number of nitrogens with zero attached hydrogens (tertiary/aromatic N) is 4. The van der Waals surface area contributed by atoms with Crippen LogP contribution in [0.2, 0.25) is 0 Å². The van der Waals surface area contributed by atoms with Crippen molar-refractivity contribution in [1.82, 2.24) is 0 Å². The minimum atomic E-state index is -2.36. The zero-order valence-electron chi connectivity index (χ0n) is 92.8. The van der Waals surface area contributed by atoms with Crippen LogP contribution in [0, 0.1) is 82.7 Å². The van der Waals surface area contributed by atoms with Crippen molar-refractivity contribution in [1.29, 1.82) is 0 Å². The summed E-state index contributed by atoms with van der Waals surface area (Å²) < 4.78 is 182. The predicted octanol–water partition coefficient (Wildman–Crippen LogP) is 31.3. The molecule has 24 aromatic rings. The molecule has 0 N–H and O–H groups in total. The fraction of sp³-hybridized carbons (Fsp3) is 0.129. The fourth-order valence-electron chi connectivity index (χ4n) is 19.4. The van der Waals surface area contributed by atoms with E-state index in [-0.39, 0.29) is 22.3 Å². The Labute approximate surface area is 794 Å². The van der Waals surface area contributed by atoms with Gasteiger partial charge in [0.15, 0.2) is 24.8 Å². The quantitative estimate of drug-likeness (QED) is 0.142. The van der Waals surface area contributed by atoms with Gasteiger partial charge in [0.05, 0.1) is 22.3 Å². The van der Waals surface area contributed by atoms with Crippen molar-refractivity contribution in [2.75, 3.05) is 0 Å². The van der Waals surface area contributed by atoms with Gasteiger partial charge in [0.1, 0.15) is 72.9 Å². The number of hydrogen-bond donors (Lipinski definition) is 0. The first-order valence-electron chi connectivity index (χ1n) is 53.2. The lowest BCUT2D eigenvalue weighted by Gasteiger charge is -2.11. The SMILES string of the molecule is [2H]C([2H])([2H])c1c[n+](C)c(-c2c(C)cc(C([2H])([2H])[2H])c3c2oc2cc4ccc(C)cc4cc23)cc1-c1ccccc1.[2H]C([2H])([2H])c1c[n+](C)c(-c2c(C)cc(C([2H])([2H])[2H])c3c2oc2cc4ccccc4cc23)cc1-c1ccccc1.[2H]C([2H])([2H])c1c[n+](C)c(-c2c(C)ccc3c2oc2cc4ccc(C)cc4cc23)cc1-c1ccccc1.[2H]C([2H])([2H])c1c[n+](C)c(-c2c(C)ccc3c2oc2cc4ccccc4cc23)cc1-c1ccccc1. The molecule has 0 spiro atoms. The van der Waals surface area contributed by atoms with Crippen LogP contribution in [0.15, 0.2) is 358 Å².